The van der Waals surface area contributed by atoms with E-state index in [4.69, 9.17) is 0 Å². The number of carbonyl (C=O) groups is 3. The van der Waals surface area contributed by atoms with Gasteiger partial charge in [-0.15, -0.1) is 11.8 Å². The smallest absolute Gasteiger partial charge is 0.323 e. The number of hydrogen-bond acceptors (Lipinski definition) is 5. The summed E-state index contributed by atoms with van der Waals surface area (Å²) < 4.78 is 0. The van der Waals surface area contributed by atoms with Crippen molar-refractivity contribution in [2.75, 3.05) is 17.2 Å². The summed E-state index contributed by atoms with van der Waals surface area (Å²) in [6, 6.07) is 5.60. The van der Waals surface area contributed by atoms with Gasteiger partial charge in [-0.2, -0.15) is 0 Å². The Hall–Kier alpha value is -2.06. The Morgan fingerprint density at radius 1 is 1.00 bits per heavy atom. The fraction of sp³-hybridized carbons (Fsp3) is 0.654. The molecular weight excluding hydrogens is 452 g/mol. The number of para-hydroxylation sites is 1. The van der Waals surface area contributed by atoms with Crippen LogP contribution in [0.3, 0.4) is 0 Å². The van der Waals surface area contributed by atoms with Gasteiger partial charge in [0.05, 0.1) is 11.7 Å². The Morgan fingerprint density at radius 2 is 1.59 bits per heavy atom. The molecule has 0 spiro atoms. The number of aliphatic carboxylic acids is 2. The number of anilines is 1. The Morgan fingerprint density at radius 3 is 2.18 bits per heavy atom. The van der Waals surface area contributed by atoms with Gasteiger partial charge in [-0.1, -0.05) is 89.7 Å². The van der Waals surface area contributed by atoms with Crippen LogP contribution in [0.1, 0.15) is 84.0 Å². The molecule has 1 aliphatic heterocycles. The highest BCUT2D eigenvalue weighted by atomic mass is 32.2. The first-order valence-electron chi connectivity index (χ1n) is 12.7. The lowest BCUT2D eigenvalue weighted by molar-refractivity contribution is -0.140. The van der Waals surface area contributed by atoms with Crippen LogP contribution in [0.5, 0.6) is 0 Å². The lowest BCUT2D eigenvalue weighted by Gasteiger charge is -2.26. The zero-order valence-corrected chi connectivity index (χ0v) is 21.2. The van der Waals surface area contributed by atoms with Crippen molar-refractivity contribution in [1.82, 2.24) is 5.32 Å². The third-order valence-corrected chi connectivity index (χ3v) is 7.37. The second kappa shape index (κ2) is 15.8. The molecule has 190 valence electrons. The topological polar surface area (TPSA) is 107 Å². The number of carbonyl (C=O) groups excluding carboxylic acids is 1. The van der Waals surface area contributed by atoms with E-state index in [2.05, 4.69) is 12.2 Å². The lowest BCUT2D eigenvalue weighted by atomic mass is 10.0. The number of thioether (sulfide) groups is 1. The molecule has 1 aliphatic rings. The Kier molecular flexibility index (Phi) is 13.1. The van der Waals surface area contributed by atoms with E-state index in [1.807, 2.05) is 12.1 Å². The molecule has 2 rings (SSSR count). The van der Waals surface area contributed by atoms with Gasteiger partial charge in [-0.25, -0.2) is 0 Å². The van der Waals surface area contributed by atoms with Gasteiger partial charge in [0.2, 0.25) is 5.91 Å². The lowest BCUT2D eigenvalue weighted by Crippen LogP contribution is -2.53. The first-order valence-corrected chi connectivity index (χ1v) is 13.7. The van der Waals surface area contributed by atoms with Crippen LogP contribution < -0.4 is 10.2 Å². The van der Waals surface area contributed by atoms with Crippen LogP contribution in [0.25, 0.3) is 0 Å². The molecule has 2 atom stereocenters. The number of benzene rings is 1. The summed E-state index contributed by atoms with van der Waals surface area (Å²) in [5.74, 6) is -2.13. The molecule has 3 N–H and O–H groups in total. The Balaban J connectivity index is 1.80. The molecule has 7 nitrogen and oxygen atoms in total. The summed E-state index contributed by atoms with van der Waals surface area (Å²) in [4.78, 5) is 38.5. The van der Waals surface area contributed by atoms with E-state index in [0.717, 1.165) is 24.2 Å². The molecule has 34 heavy (non-hydrogen) atoms. The molecule has 8 heteroatoms. The van der Waals surface area contributed by atoms with E-state index < -0.39 is 36.5 Å². The minimum absolute atomic E-state index is 0.355. The SMILES string of the molecule is CCCCCCCCCCCCCC(NC1CSc2ccccc2N(CC(=O)O)C1=O)C(=O)O. The second-order valence-corrected chi connectivity index (χ2v) is 10.1. The third-order valence-electron chi connectivity index (χ3n) is 6.22. The van der Waals surface area contributed by atoms with Gasteiger partial charge in [0, 0.05) is 10.6 Å². The van der Waals surface area contributed by atoms with Gasteiger partial charge in [-0.3, -0.25) is 24.6 Å². The number of amides is 1. The number of nitrogens with one attached hydrogen (secondary N) is 1. The largest absolute Gasteiger partial charge is 0.480 e. The van der Waals surface area contributed by atoms with Crippen molar-refractivity contribution >= 4 is 35.3 Å². The van der Waals surface area contributed by atoms with Gasteiger partial charge in [0.25, 0.3) is 0 Å². The number of fused-ring (bicyclic) bond motifs is 1. The summed E-state index contributed by atoms with van der Waals surface area (Å²) in [6.45, 7) is 1.77. The number of carboxylic acids is 2. The first-order chi connectivity index (χ1) is 16.4. The normalized spacial score (nSPS) is 16.7. The van der Waals surface area contributed by atoms with Crippen molar-refractivity contribution in [2.24, 2.45) is 0 Å². The third kappa shape index (κ3) is 9.66. The molecule has 0 aliphatic carbocycles. The van der Waals surface area contributed by atoms with Crippen molar-refractivity contribution in [3.05, 3.63) is 24.3 Å². The second-order valence-electron chi connectivity index (χ2n) is 9.03. The number of rotatable bonds is 17. The molecule has 1 heterocycles. The molecule has 0 aromatic heterocycles. The van der Waals surface area contributed by atoms with Gasteiger partial charge >= 0.3 is 11.9 Å². The molecule has 0 bridgehead atoms. The van der Waals surface area contributed by atoms with Crippen LogP contribution in [0, 0.1) is 0 Å². The number of carboxylic acid groups (broad SMARTS) is 2. The summed E-state index contributed by atoms with van der Waals surface area (Å²) >= 11 is 1.44. The van der Waals surface area contributed by atoms with Crippen molar-refractivity contribution < 1.29 is 24.6 Å². The van der Waals surface area contributed by atoms with E-state index in [1.165, 1.54) is 68.0 Å². The van der Waals surface area contributed by atoms with Crippen LogP contribution in [0.15, 0.2) is 29.2 Å². The highest BCUT2D eigenvalue weighted by Gasteiger charge is 2.34. The molecule has 2 unspecified atom stereocenters. The zero-order chi connectivity index (χ0) is 24.8. The predicted octanol–water partition coefficient (Wildman–Crippen LogP) is 5.32. The van der Waals surface area contributed by atoms with E-state index in [9.17, 15) is 24.6 Å². The van der Waals surface area contributed by atoms with Crippen LogP contribution in [-0.4, -0.2) is 52.4 Å². The number of hydrogen-bond donors (Lipinski definition) is 3. The highest BCUT2D eigenvalue weighted by Crippen LogP contribution is 2.34. The molecule has 1 aromatic rings. The first kappa shape index (κ1) is 28.2. The molecule has 1 aromatic carbocycles. The van der Waals surface area contributed by atoms with Crippen molar-refractivity contribution in [3.8, 4) is 0 Å². The maximum Gasteiger partial charge on any atom is 0.323 e. The molecule has 1 amide bonds. The number of unbranched alkanes of at least 4 members (excludes halogenated alkanes) is 10. The standard InChI is InChI=1S/C26H40N2O5S/c1-2-3-4-5-6-7-8-9-10-11-12-15-20(26(32)33)27-21-19-34-23-17-14-13-16-22(23)28(25(21)31)18-24(29)30/h13-14,16-17,20-21,27H,2-12,15,18-19H2,1H3,(H,29,30)(H,32,33). The van der Waals surface area contributed by atoms with Crippen molar-refractivity contribution in [1.29, 1.82) is 0 Å². The number of nitrogens with zero attached hydrogens (tertiary/aromatic N) is 1. The molecule has 0 fully saturated rings. The van der Waals surface area contributed by atoms with E-state index in [1.54, 1.807) is 12.1 Å². The maximum absolute atomic E-state index is 13.2. The van der Waals surface area contributed by atoms with Crippen molar-refractivity contribution in [2.45, 2.75) is 101 Å². The summed E-state index contributed by atoms with van der Waals surface area (Å²) in [6.07, 6.45) is 13.6. The quantitative estimate of drug-likeness (QED) is 0.253. The van der Waals surface area contributed by atoms with Gasteiger partial charge in [-0.05, 0) is 18.6 Å². The minimum Gasteiger partial charge on any atom is -0.480 e. The van der Waals surface area contributed by atoms with Crippen LogP contribution in [0.4, 0.5) is 5.69 Å². The Bertz CT molecular complexity index is 788. The average Bonchev–Trinajstić information content (AvgIpc) is 2.93. The van der Waals surface area contributed by atoms with Gasteiger partial charge in [0.15, 0.2) is 0 Å². The van der Waals surface area contributed by atoms with E-state index >= 15 is 0 Å². The fourth-order valence-electron chi connectivity index (χ4n) is 4.30. The molecular formula is C26H40N2O5S. The van der Waals surface area contributed by atoms with Crippen LogP contribution in [-0.2, 0) is 14.4 Å². The van der Waals surface area contributed by atoms with Crippen molar-refractivity contribution in [3.63, 3.8) is 0 Å². The predicted molar refractivity (Wildman–Crippen MR) is 137 cm³/mol. The summed E-state index contributed by atoms with van der Waals surface area (Å²) in [5.41, 5.74) is 0.557. The zero-order valence-electron chi connectivity index (χ0n) is 20.3. The van der Waals surface area contributed by atoms with Crippen LogP contribution >= 0.6 is 11.8 Å². The van der Waals surface area contributed by atoms with Gasteiger partial charge in [0.1, 0.15) is 12.6 Å². The molecule has 0 saturated heterocycles. The average molecular weight is 493 g/mol. The highest BCUT2D eigenvalue weighted by molar-refractivity contribution is 7.99. The minimum atomic E-state index is -1.11. The van der Waals surface area contributed by atoms with Gasteiger partial charge < -0.3 is 10.2 Å². The fourth-order valence-corrected chi connectivity index (χ4v) is 5.39. The van der Waals surface area contributed by atoms with Crippen LogP contribution in [0.2, 0.25) is 0 Å². The Labute approximate surface area is 207 Å². The van der Waals surface area contributed by atoms with E-state index in [-0.39, 0.29) is 0 Å². The maximum atomic E-state index is 13.2. The van der Waals surface area contributed by atoms with E-state index in [0.29, 0.717) is 17.9 Å². The summed E-state index contributed by atoms with van der Waals surface area (Å²) in [5, 5.41) is 22.0. The monoisotopic (exact) mass is 492 g/mol. The molecule has 0 saturated carbocycles. The summed E-state index contributed by atoms with van der Waals surface area (Å²) in [7, 11) is 0. The molecule has 0 radical (unpaired) electrons.